The van der Waals surface area contributed by atoms with Gasteiger partial charge in [-0.05, 0) is 49.9 Å². The van der Waals surface area contributed by atoms with Crippen LogP contribution in [0, 0.1) is 23.7 Å². The number of likely N-dealkylation sites (tertiary alicyclic amines) is 1. The first kappa shape index (κ1) is 9.47. The van der Waals surface area contributed by atoms with Gasteiger partial charge in [0.25, 0.3) is 0 Å². The zero-order chi connectivity index (χ0) is 9.71. The molecule has 0 N–H and O–H groups in total. The van der Waals surface area contributed by atoms with E-state index in [1.807, 2.05) is 0 Å². The zero-order valence-corrected chi connectivity index (χ0v) is 9.71. The van der Waals surface area contributed by atoms with Crippen molar-refractivity contribution in [2.45, 2.75) is 31.6 Å². The van der Waals surface area contributed by atoms with Gasteiger partial charge in [0.2, 0.25) is 0 Å². The van der Waals surface area contributed by atoms with Gasteiger partial charge in [-0.2, -0.15) is 0 Å². The fourth-order valence-corrected chi connectivity index (χ4v) is 4.47. The average molecular weight is 214 g/mol. The van der Waals surface area contributed by atoms with Crippen LogP contribution >= 0.6 is 11.6 Å². The summed E-state index contributed by atoms with van der Waals surface area (Å²) in [6, 6.07) is 0. The number of nitrogens with zero attached hydrogens (tertiary/aromatic N) is 1. The maximum Gasteiger partial charge on any atom is 0.0435 e. The van der Waals surface area contributed by atoms with Crippen molar-refractivity contribution < 1.29 is 0 Å². The number of hydrogen-bond donors (Lipinski definition) is 0. The number of fused-ring (bicyclic) bond motifs is 5. The number of halogens is 1. The van der Waals surface area contributed by atoms with Gasteiger partial charge in [-0.25, -0.2) is 0 Å². The summed E-state index contributed by atoms with van der Waals surface area (Å²) < 4.78 is 0. The molecule has 3 fully saturated rings. The van der Waals surface area contributed by atoms with Gasteiger partial charge in [-0.15, -0.1) is 11.6 Å². The molecular formula is C12H20ClN. The van der Waals surface area contributed by atoms with Crippen LogP contribution in [0.4, 0.5) is 0 Å². The Labute approximate surface area is 91.8 Å². The lowest BCUT2D eigenvalue weighted by Crippen LogP contribution is -2.28. The quantitative estimate of drug-likeness (QED) is 0.638. The van der Waals surface area contributed by atoms with E-state index in [2.05, 4.69) is 11.8 Å². The predicted molar refractivity (Wildman–Crippen MR) is 59.6 cm³/mol. The van der Waals surface area contributed by atoms with Crippen LogP contribution in [0.15, 0.2) is 0 Å². The third-order valence-corrected chi connectivity index (χ3v) is 4.86. The molecule has 1 heterocycles. The molecule has 0 aromatic carbocycles. The maximum absolute atomic E-state index is 6.06. The lowest BCUT2D eigenvalue weighted by molar-refractivity contribution is 0.281. The molecule has 5 atom stereocenters. The molecule has 2 aliphatic carbocycles. The van der Waals surface area contributed by atoms with Gasteiger partial charge in [0.15, 0.2) is 0 Å². The smallest absolute Gasteiger partial charge is 0.0435 e. The fourth-order valence-electron chi connectivity index (χ4n) is 4.27. The highest BCUT2D eigenvalue weighted by atomic mass is 35.5. The summed E-state index contributed by atoms with van der Waals surface area (Å²) in [6.45, 7) is 5.92. The second-order valence-electron chi connectivity index (χ2n) is 5.66. The third-order valence-electron chi connectivity index (χ3n) is 4.72. The van der Waals surface area contributed by atoms with Crippen molar-refractivity contribution >= 4 is 11.6 Å². The minimum absolute atomic E-state index is 0.325. The Balaban J connectivity index is 1.65. The van der Waals surface area contributed by atoms with Crippen LogP contribution in [0.2, 0.25) is 0 Å². The topological polar surface area (TPSA) is 3.24 Å². The maximum atomic E-state index is 6.06. The van der Waals surface area contributed by atoms with Gasteiger partial charge in [-0.3, -0.25) is 0 Å². The van der Waals surface area contributed by atoms with E-state index in [-0.39, 0.29) is 0 Å². The molecule has 1 saturated heterocycles. The minimum Gasteiger partial charge on any atom is -0.301 e. The Kier molecular flexibility index (Phi) is 2.29. The van der Waals surface area contributed by atoms with Crippen LogP contribution < -0.4 is 0 Å². The van der Waals surface area contributed by atoms with E-state index < -0.39 is 0 Å². The van der Waals surface area contributed by atoms with Gasteiger partial charge in [0, 0.05) is 25.0 Å². The minimum atomic E-state index is 0.325. The van der Waals surface area contributed by atoms with Crippen molar-refractivity contribution in [3.63, 3.8) is 0 Å². The molecular weight excluding hydrogens is 194 g/mol. The van der Waals surface area contributed by atoms with Crippen molar-refractivity contribution in [3.05, 3.63) is 0 Å². The van der Waals surface area contributed by atoms with Gasteiger partial charge in [-0.1, -0.05) is 0 Å². The molecule has 0 radical (unpaired) electrons. The molecule has 2 saturated carbocycles. The molecule has 3 rings (SSSR count). The third kappa shape index (κ3) is 1.40. The van der Waals surface area contributed by atoms with Crippen molar-refractivity contribution in [1.82, 2.24) is 4.90 Å². The number of rotatable bonds is 2. The zero-order valence-electron chi connectivity index (χ0n) is 8.95. The van der Waals surface area contributed by atoms with Crippen LogP contribution in [0.25, 0.3) is 0 Å². The predicted octanol–water partition coefficient (Wildman–Crippen LogP) is 2.59. The molecule has 0 amide bonds. The molecule has 14 heavy (non-hydrogen) atoms. The van der Waals surface area contributed by atoms with E-state index in [0.717, 1.165) is 30.2 Å². The Morgan fingerprint density at radius 1 is 1.21 bits per heavy atom. The molecule has 3 aliphatic rings. The lowest BCUT2D eigenvalue weighted by atomic mass is 9.82. The monoisotopic (exact) mass is 213 g/mol. The summed E-state index contributed by atoms with van der Waals surface area (Å²) in [5.41, 5.74) is 0. The SMILES string of the molecule is CC(Cl)CN1C[C@@H]2[C@@H]3CC[C@@H](C3)[C@@H]2C1. The van der Waals surface area contributed by atoms with Gasteiger partial charge >= 0.3 is 0 Å². The lowest BCUT2D eigenvalue weighted by Gasteiger charge is -2.22. The van der Waals surface area contributed by atoms with E-state index in [0.29, 0.717) is 5.38 Å². The van der Waals surface area contributed by atoms with E-state index >= 15 is 0 Å². The van der Waals surface area contributed by atoms with E-state index in [1.165, 1.54) is 25.9 Å². The first-order chi connectivity index (χ1) is 6.74. The summed E-state index contributed by atoms with van der Waals surface area (Å²) in [5.74, 6) is 4.26. The van der Waals surface area contributed by atoms with Crippen LogP contribution in [0.1, 0.15) is 26.2 Å². The number of hydrogen-bond acceptors (Lipinski definition) is 1. The Bertz CT molecular complexity index is 210. The van der Waals surface area contributed by atoms with Crippen molar-refractivity contribution in [1.29, 1.82) is 0 Å². The standard InChI is InChI=1S/C12H20ClN/c1-8(13)5-14-6-11-9-2-3-10(4-9)12(11)7-14/h8-12H,2-7H2,1H3/t8?,9-,10+,11-,12+. The Hall–Kier alpha value is 0.250. The van der Waals surface area contributed by atoms with Crippen molar-refractivity contribution in [2.75, 3.05) is 19.6 Å². The first-order valence-electron chi connectivity index (χ1n) is 6.10. The summed E-state index contributed by atoms with van der Waals surface area (Å²) in [4.78, 5) is 2.61. The molecule has 2 heteroatoms. The molecule has 0 aromatic rings. The van der Waals surface area contributed by atoms with E-state index in [4.69, 9.17) is 11.6 Å². The second kappa shape index (κ2) is 3.38. The van der Waals surface area contributed by atoms with E-state index in [1.54, 1.807) is 6.42 Å². The van der Waals surface area contributed by atoms with Crippen LogP contribution in [0.5, 0.6) is 0 Å². The largest absolute Gasteiger partial charge is 0.301 e. The molecule has 1 unspecified atom stereocenters. The summed E-state index contributed by atoms with van der Waals surface area (Å²) in [7, 11) is 0. The normalized spacial score (nSPS) is 48.4. The van der Waals surface area contributed by atoms with E-state index in [9.17, 15) is 0 Å². The highest BCUT2D eigenvalue weighted by Gasteiger charge is 2.51. The average Bonchev–Trinajstić information content (AvgIpc) is 2.69. The molecule has 0 spiro atoms. The summed E-state index contributed by atoms with van der Waals surface area (Å²) in [5, 5.41) is 0.325. The Morgan fingerprint density at radius 2 is 1.79 bits per heavy atom. The molecule has 2 bridgehead atoms. The molecule has 1 nitrogen and oxygen atoms in total. The van der Waals surface area contributed by atoms with Crippen LogP contribution in [-0.2, 0) is 0 Å². The van der Waals surface area contributed by atoms with Crippen molar-refractivity contribution in [3.8, 4) is 0 Å². The molecule has 1 aliphatic heterocycles. The highest BCUT2D eigenvalue weighted by Crippen LogP contribution is 2.55. The van der Waals surface area contributed by atoms with Crippen molar-refractivity contribution in [2.24, 2.45) is 23.7 Å². The summed E-state index contributed by atoms with van der Waals surface area (Å²) in [6.07, 6.45) is 4.60. The van der Waals surface area contributed by atoms with Gasteiger partial charge in [0.05, 0.1) is 0 Å². The van der Waals surface area contributed by atoms with Crippen LogP contribution in [0.3, 0.4) is 0 Å². The molecule has 0 aromatic heterocycles. The fraction of sp³-hybridized carbons (Fsp3) is 1.00. The number of alkyl halides is 1. The molecule has 80 valence electrons. The van der Waals surface area contributed by atoms with Gasteiger partial charge in [0.1, 0.15) is 0 Å². The first-order valence-corrected chi connectivity index (χ1v) is 6.54. The second-order valence-corrected chi connectivity index (χ2v) is 6.41. The Morgan fingerprint density at radius 3 is 2.29 bits per heavy atom. The highest BCUT2D eigenvalue weighted by molar-refractivity contribution is 6.20. The van der Waals surface area contributed by atoms with Crippen LogP contribution in [-0.4, -0.2) is 29.9 Å². The summed E-state index contributed by atoms with van der Waals surface area (Å²) >= 11 is 6.06. The van der Waals surface area contributed by atoms with Gasteiger partial charge < -0.3 is 4.90 Å².